The van der Waals surface area contributed by atoms with Gasteiger partial charge < -0.3 is 5.73 Å². The molecule has 0 rings (SSSR count). The van der Waals surface area contributed by atoms with Crippen molar-refractivity contribution in [2.45, 2.75) is 27.2 Å². The van der Waals surface area contributed by atoms with E-state index in [1.807, 2.05) is 0 Å². The highest BCUT2D eigenvalue weighted by molar-refractivity contribution is 5.85. The van der Waals surface area contributed by atoms with Crippen LogP contribution in [0.5, 0.6) is 0 Å². The number of halogens is 1. The quantitative estimate of drug-likeness (QED) is 0.657. The molecule has 0 aromatic carbocycles. The second kappa shape index (κ2) is 6.37. The third kappa shape index (κ3) is 8.25. The summed E-state index contributed by atoms with van der Waals surface area (Å²) in [5, 5.41) is 0. The molecule has 0 saturated heterocycles. The summed E-state index contributed by atoms with van der Waals surface area (Å²) in [6.07, 6.45) is 1.26. The molecule has 58 valence electrons. The molecule has 2 N–H and O–H groups in total. The van der Waals surface area contributed by atoms with Crippen LogP contribution in [0, 0.1) is 11.8 Å². The fourth-order valence-corrected chi connectivity index (χ4v) is 0.901. The Morgan fingerprint density at radius 1 is 1.22 bits per heavy atom. The predicted molar refractivity (Wildman–Crippen MR) is 44.9 cm³/mol. The van der Waals surface area contributed by atoms with Crippen LogP contribution in [0.25, 0.3) is 0 Å². The third-order valence-corrected chi connectivity index (χ3v) is 1.28. The number of rotatable bonds is 3. The standard InChI is InChI=1S/C7H17N.ClH/c1-6(2)4-7(3)5-8;/h6-7H,4-5,8H2,1-3H3;1H. The van der Waals surface area contributed by atoms with Gasteiger partial charge in [0.1, 0.15) is 0 Å². The number of hydrogen-bond acceptors (Lipinski definition) is 1. The average Bonchev–Trinajstić information content (AvgIpc) is 1.65. The Morgan fingerprint density at radius 2 is 1.67 bits per heavy atom. The molecule has 0 spiro atoms. The molecule has 0 bridgehead atoms. The maximum absolute atomic E-state index is 5.42. The topological polar surface area (TPSA) is 26.0 Å². The fraction of sp³-hybridized carbons (Fsp3) is 1.00. The molecule has 1 unspecified atom stereocenters. The van der Waals surface area contributed by atoms with Gasteiger partial charge in [-0.05, 0) is 24.8 Å². The zero-order chi connectivity index (χ0) is 6.57. The minimum absolute atomic E-state index is 0. The lowest BCUT2D eigenvalue weighted by Gasteiger charge is -2.09. The number of nitrogens with two attached hydrogens (primary N) is 1. The van der Waals surface area contributed by atoms with Crippen LogP contribution in [-0.4, -0.2) is 6.54 Å². The molecule has 1 atom stereocenters. The van der Waals surface area contributed by atoms with Gasteiger partial charge >= 0.3 is 0 Å². The SMILES string of the molecule is CC(C)CC(C)CN.Cl. The highest BCUT2D eigenvalue weighted by Crippen LogP contribution is 2.08. The van der Waals surface area contributed by atoms with E-state index in [-0.39, 0.29) is 12.4 Å². The third-order valence-electron chi connectivity index (χ3n) is 1.28. The van der Waals surface area contributed by atoms with Gasteiger partial charge in [0.15, 0.2) is 0 Å². The molecule has 0 aromatic rings. The van der Waals surface area contributed by atoms with Gasteiger partial charge in [-0.15, -0.1) is 12.4 Å². The average molecular weight is 152 g/mol. The highest BCUT2D eigenvalue weighted by atomic mass is 35.5. The van der Waals surface area contributed by atoms with Crippen LogP contribution in [0.15, 0.2) is 0 Å². The first-order chi connectivity index (χ1) is 3.66. The van der Waals surface area contributed by atoms with Crippen molar-refractivity contribution in [1.29, 1.82) is 0 Å². The van der Waals surface area contributed by atoms with Crippen LogP contribution in [0.3, 0.4) is 0 Å². The lowest BCUT2D eigenvalue weighted by atomic mass is 9.99. The second-order valence-electron chi connectivity index (χ2n) is 2.97. The van der Waals surface area contributed by atoms with Crippen LogP contribution >= 0.6 is 12.4 Å². The largest absolute Gasteiger partial charge is 0.330 e. The Balaban J connectivity index is 0. The van der Waals surface area contributed by atoms with Crippen molar-refractivity contribution in [2.24, 2.45) is 17.6 Å². The smallest absolute Gasteiger partial charge is 0.00514 e. The van der Waals surface area contributed by atoms with Crippen LogP contribution in [0.1, 0.15) is 27.2 Å². The molecule has 0 fully saturated rings. The van der Waals surface area contributed by atoms with E-state index >= 15 is 0 Å². The van der Waals surface area contributed by atoms with E-state index in [1.54, 1.807) is 0 Å². The Kier molecular flexibility index (Phi) is 8.48. The summed E-state index contributed by atoms with van der Waals surface area (Å²) in [6.45, 7) is 7.48. The summed E-state index contributed by atoms with van der Waals surface area (Å²) in [6, 6.07) is 0. The van der Waals surface area contributed by atoms with Gasteiger partial charge in [-0.1, -0.05) is 20.8 Å². The van der Waals surface area contributed by atoms with Crippen molar-refractivity contribution in [3.05, 3.63) is 0 Å². The molecule has 0 saturated carbocycles. The molecule has 0 amide bonds. The van der Waals surface area contributed by atoms with E-state index < -0.39 is 0 Å². The van der Waals surface area contributed by atoms with Gasteiger partial charge in [-0.25, -0.2) is 0 Å². The zero-order valence-corrected chi connectivity index (χ0v) is 7.37. The second-order valence-corrected chi connectivity index (χ2v) is 2.97. The van der Waals surface area contributed by atoms with Crippen LogP contribution in [-0.2, 0) is 0 Å². The van der Waals surface area contributed by atoms with E-state index in [0.717, 1.165) is 12.5 Å². The van der Waals surface area contributed by atoms with Gasteiger partial charge in [0.25, 0.3) is 0 Å². The van der Waals surface area contributed by atoms with E-state index in [9.17, 15) is 0 Å². The van der Waals surface area contributed by atoms with Gasteiger partial charge in [0.2, 0.25) is 0 Å². The van der Waals surface area contributed by atoms with Crippen molar-refractivity contribution in [3.63, 3.8) is 0 Å². The van der Waals surface area contributed by atoms with E-state index in [4.69, 9.17) is 5.73 Å². The van der Waals surface area contributed by atoms with Gasteiger partial charge in [-0.2, -0.15) is 0 Å². The first-order valence-corrected chi connectivity index (χ1v) is 3.37. The predicted octanol–water partition coefficient (Wildman–Crippen LogP) is 2.05. The van der Waals surface area contributed by atoms with Crippen LogP contribution in [0.4, 0.5) is 0 Å². The molecule has 0 heterocycles. The summed E-state index contributed by atoms with van der Waals surface area (Å²) in [7, 11) is 0. The molecule has 0 aromatic heterocycles. The molecular formula is C7H18ClN. The molecule has 0 aliphatic rings. The molecule has 1 nitrogen and oxygen atoms in total. The van der Waals surface area contributed by atoms with E-state index in [0.29, 0.717) is 5.92 Å². The minimum Gasteiger partial charge on any atom is -0.330 e. The Labute approximate surface area is 64.4 Å². The number of hydrogen-bond donors (Lipinski definition) is 1. The maximum Gasteiger partial charge on any atom is -0.00514 e. The van der Waals surface area contributed by atoms with Gasteiger partial charge in [-0.3, -0.25) is 0 Å². The summed E-state index contributed by atoms with van der Waals surface area (Å²) in [4.78, 5) is 0. The fourth-order valence-electron chi connectivity index (χ4n) is 0.901. The lowest BCUT2D eigenvalue weighted by Crippen LogP contribution is -2.12. The van der Waals surface area contributed by atoms with Crippen LogP contribution in [0.2, 0.25) is 0 Å². The molecule has 2 heteroatoms. The molecule has 0 aliphatic carbocycles. The first kappa shape index (κ1) is 12.0. The normalized spacial score (nSPS) is 13.0. The zero-order valence-electron chi connectivity index (χ0n) is 6.55. The van der Waals surface area contributed by atoms with E-state index in [2.05, 4.69) is 20.8 Å². The van der Waals surface area contributed by atoms with Crippen molar-refractivity contribution < 1.29 is 0 Å². The maximum atomic E-state index is 5.42. The minimum atomic E-state index is 0. The summed E-state index contributed by atoms with van der Waals surface area (Å²) in [5.41, 5.74) is 5.42. The summed E-state index contributed by atoms with van der Waals surface area (Å²) in [5.74, 6) is 1.50. The lowest BCUT2D eigenvalue weighted by molar-refractivity contribution is 0.447. The van der Waals surface area contributed by atoms with Crippen molar-refractivity contribution >= 4 is 12.4 Å². The van der Waals surface area contributed by atoms with E-state index in [1.165, 1.54) is 6.42 Å². The molecular weight excluding hydrogens is 134 g/mol. The van der Waals surface area contributed by atoms with Gasteiger partial charge in [0.05, 0.1) is 0 Å². The Hall–Kier alpha value is 0.250. The van der Waals surface area contributed by atoms with Gasteiger partial charge in [0, 0.05) is 0 Å². The molecule has 0 aliphatic heterocycles. The Morgan fingerprint density at radius 3 is 1.78 bits per heavy atom. The molecule has 0 radical (unpaired) electrons. The van der Waals surface area contributed by atoms with Crippen molar-refractivity contribution in [3.8, 4) is 0 Å². The molecule has 9 heavy (non-hydrogen) atoms. The Bertz CT molecular complexity index is 54.9. The highest BCUT2D eigenvalue weighted by Gasteiger charge is 2.00. The summed E-state index contributed by atoms with van der Waals surface area (Å²) >= 11 is 0. The van der Waals surface area contributed by atoms with Crippen LogP contribution < -0.4 is 5.73 Å². The van der Waals surface area contributed by atoms with Crippen molar-refractivity contribution in [1.82, 2.24) is 0 Å². The monoisotopic (exact) mass is 151 g/mol. The summed E-state index contributed by atoms with van der Waals surface area (Å²) < 4.78 is 0. The first-order valence-electron chi connectivity index (χ1n) is 3.37. The van der Waals surface area contributed by atoms with Crippen molar-refractivity contribution in [2.75, 3.05) is 6.54 Å².